The van der Waals surface area contributed by atoms with Crippen molar-refractivity contribution >= 4 is 10.1 Å². The van der Waals surface area contributed by atoms with Crippen LogP contribution in [0.5, 0.6) is 0 Å². The van der Waals surface area contributed by atoms with Gasteiger partial charge in [0.2, 0.25) is 0 Å². The summed E-state index contributed by atoms with van der Waals surface area (Å²) in [7, 11) is -3.93. The second-order valence-corrected chi connectivity index (χ2v) is 5.52. The van der Waals surface area contributed by atoms with Gasteiger partial charge in [-0.2, -0.15) is 8.42 Å². The van der Waals surface area contributed by atoms with E-state index in [0.717, 1.165) is 0 Å². The van der Waals surface area contributed by atoms with Crippen molar-refractivity contribution in [1.29, 1.82) is 0 Å². The molecule has 1 rings (SSSR count). The maximum Gasteiger partial charge on any atom is 0.297 e. The lowest BCUT2D eigenvalue weighted by atomic mass is 10.0. The molecule has 0 aliphatic heterocycles. The van der Waals surface area contributed by atoms with Crippen LogP contribution in [0.1, 0.15) is 6.42 Å². The third kappa shape index (κ3) is 3.92. The smallest absolute Gasteiger partial charge is 0.297 e. The number of hydrogen-bond donors (Lipinski definition) is 2. The molecule has 0 radical (unpaired) electrons. The van der Waals surface area contributed by atoms with E-state index in [1.165, 1.54) is 18.2 Å². The van der Waals surface area contributed by atoms with Crippen molar-refractivity contribution in [3.8, 4) is 0 Å². The van der Waals surface area contributed by atoms with Crippen LogP contribution in [0.3, 0.4) is 0 Å². The first kappa shape index (κ1) is 14.8. The van der Waals surface area contributed by atoms with E-state index in [0.29, 0.717) is 0 Å². The monoisotopic (exact) mass is 272 g/mol. The number of benzene rings is 1. The minimum atomic E-state index is -3.93. The molecule has 0 fully saturated rings. The number of rotatable bonds is 7. The first-order valence-corrected chi connectivity index (χ1v) is 6.73. The summed E-state index contributed by atoms with van der Waals surface area (Å²) >= 11 is 0. The van der Waals surface area contributed by atoms with Crippen molar-refractivity contribution < 1.29 is 22.8 Å². The normalized spacial score (nSPS) is 15.0. The predicted octanol–water partition coefficient (Wildman–Crippen LogP) is 0.691. The average Bonchev–Trinajstić information content (AvgIpc) is 2.38. The largest absolute Gasteiger partial charge is 0.393 e. The van der Waals surface area contributed by atoms with Crippen LogP contribution >= 0.6 is 0 Å². The SMILES string of the molecule is C=CC[C@@](O)(CO)COS(=O)(=O)c1ccccc1. The zero-order valence-electron chi connectivity index (χ0n) is 9.82. The molecule has 0 spiro atoms. The Bertz CT molecular complexity index is 482. The highest BCUT2D eigenvalue weighted by Crippen LogP contribution is 2.16. The van der Waals surface area contributed by atoms with Gasteiger partial charge in [0.25, 0.3) is 10.1 Å². The lowest BCUT2D eigenvalue weighted by Gasteiger charge is -2.23. The van der Waals surface area contributed by atoms with Crippen LogP contribution in [0, 0.1) is 0 Å². The maximum absolute atomic E-state index is 11.8. The van der Waals surface area contributed by atoms with Gasteiger partial charge in [0.1, 0.15) is 5.60 Å². The minimum Gasteiger partial charge on any atom is -0.393 e. The quantitative estimate of drug-likeness (QED) is 0.563. The topological polar surface area (TPSA) is 83.8 Å². The lowest BCUT2D eigenvalue weighted by Crippen LogP contribution is -2.38. The molecular formula is C12H16O5S. The summed E-state index contributed by atoms with van der Waals surface area (Å²) in [5.41, 5.74) is -1.64. The molecule has 0 saturated heterocycles. The zero-order valence-corrected chi connectivity index (χ0v) is 10.6. The molecule has 1 aromatic rings. The van der Waals surface area contributed by atoms with Gasteiger partial charge in [0.15, 0.2) is 0 Å². The fourth-order valence-electron chi connectivity index (χ4n) is 1.28. The highest BCUT2D eigenvalue weighted by Gasteiger charge is 2.28. The molecule has 100 valence electrons. The summed E-state index contributed by atoms with van der Waals surface area (Å²) in [5.74, 6) is 0. The molecule has 1 aromatic carbocycles. The molecule has 0 unspecified atom stereocenters. The molecular weight excluding hydrogens is 256 g/mol. The average molecular weight is 272 g/mol. The van der Waals surface area contributed by atoms with Crippen LogP contribution in [0.15, 0.2) is 47.9 Å². The Hall–Kier alpha value is -1.21. The van der Waals surface area contributed by atoms with Gasteiger partial charge >= 0.3 is 0 Å². The predicted molar refractivity (Wildman–Crippen MR) is 66.4 cm³/mol. The van der Waals surface area contributed by atoms with Crippen LogP contribution in [-0.4, -0.2) is 37.4 Å². The molecule has 0 bridgehead atoms. The van der Waals surface area contributed by atoms with Gasteiger partial charge in [-0.3, -0.25) is 4.18 Å². The van der Waals surface area contributed by atoms with E-state index in [4.69, 9.17) is 9.29 Å². The number of aliphatic hydroxyl groups is 2. The van der Waals surface area contributed by atoms with Gasteiger partial charge in [0, 0.05) is 0 Å². The van der Waals surface area contributed by atoms with Crippen molar-refractivity contribution in [2.45, 2.75) is 16.9 Å². The van der Waals surface area contributed by atoms with Gasteiger partial charge in [-0.05, 0) is 18.6 Å². The van der Waals surface area contributed by atoms with Gasteiger partial charge < -0.3 is 10.2 Å². The molecule has 18 heavy (non-hydrogen) atoms. The lowest BCUT2D eigenvalue weighted by molar-refractivity contribution is -0.0433. The van der Waals surface area contributed by atoms with Crippen LogP contribution in [-0.2, 0) is 14.3 Å². The minimum absolute atomic E-state index is 0.00360. The molecule has 1 atom stereocenters. The van der Waals surface area contributed by atoms with E-state index in [2.05, 4.69) is 6.58 Å². The van der Waals surface area contributed by atoms with Crippen LogP contribution in [0.25, 0.3) is 0 Å². The third-order valence-electron chi connectivity index (χ3n) is 2.33. The van der Waals surface area contributed by atoms with Crippen LogP contribution in [0.2, 0.25) is 0 Å². The number of hydrogen-bond acceptors (Lipinski definition) is 5. The Balaban J connectivity index is 2.76. The molecule has 0 saturated carbocycles. The highest BCUT2D eigenvalue weighted by atomic mass is 32.2. The van der Waals surface area contributed by atoms with E-state index in [1.807, 2.05) is 0 Å². The summed E-state index contributed by atoms with van der Waals surface area (Å²) in [5, 5.41) is 18.8. The van der Waals surface area contributed by atoms with Crippen LogP contribution in [0.4, 0.5) is 0 Å². The van der Waals surface area contributed by atoms with Gasteiger partial charge in [-0.1, -0.05) is 24.3 Å². The van der Waals surface area contributed by atoms with E-state index >= 15 is 0 Å². The molecule has 0 amide bonds. The van der Waals surface area contributed by atoms with Crippen molar-refractivity contribution in [2.75, 3.05) is 13.2 Å². The Morgan fingerprint density at radius 2 is 1.94 bits per heavy atom. The van der Waals surface area contributed by atoms with E-state index in [1.54, 1.807) is 18.2 Å². The summed E-state index contributed by atoms with van der Waals surface area (Å²) in [6, 6.07) is 7.60. The van der Waals surface area contributed by atoms with Gasteiger partial charge in [-0.25, -0.2) is 0 Å². The van der Waals surface area contributed by atoms with E-state index < -0.39 is 28.9 Å². The first-order valence-electron chi connectivity index (χ1n) is 5.32. The Labute approximate surface area is 106 Å². The van der Waals surface area contributed by atoms with Crippen molar-refractivity contribution in [3.63, 3.8) is 0 Å². The Morgan fingerprint density at radius 1 is 1.33 bits per heavy atom. The standard InChI is InChI=1S/C12H16O5S/c1-2-8-12(14,9-13)10-17-18(15,16)11-6-4-3-5-7-11/h2-7,13-14H,1,8-10H2/t12-/m1/s1. The van der Waals surface area contributed by atoms with Crippen molar-refractivity contribution in [2.24, 2.45) is 0 Å². The molecule has 0 aliphatic rings. The van der Waals surface area contributed by atoms with Crippen molar-refractivity contribution in [1.82, 2.24) is 0 Å². The highest BCUT2D eigenvalue weighted by molar-refractivity contribution is 7.86. The summed E-state index contributed by atoms with van der Waals surface area (Å²) < 4.78 is 28.3. The molecule has 5 nitrogen and oxygen atoms in total. The first-order chi connectivity index (χ1) is 8.43. The molecule has 2 N–H and O–H groups in total. The fraction of sp³-hybridized carbons (Fsp3) is 0.333. The van der Waals surface area contributed by atoms with E-state index in [9.17, 15) is 13.5 Å². The summed E-state index contributed by atoms with van der Waals surface area (Å²) in [6.45, 7) is 2.29. The second-order valence-electron chi connectivity index (χ2n) is 3.90. The molecule has 0 aromatic heterocycles. The number of aliphatic hydroxyl groups excluding tert-OH is 1. The van der Waals surface area contributed by atoms with Gasteiger partial charge in [0.05, 0.1) is 18.1 Å². The third-order valence-corrected chi connectivity index (χ3v) is 3.61. The molecule has 6 heteroatoms. The summed E-state index contributed by atoms with van der Waals surface area (Å²) in [6.07, 6.45) is 1.42. The Kier molecular flexibility index (Phi) is 5.03. The molecule has 0 heterocycles. The summed E-state index contributed by atoms with van der Waals surface area (Å²) in [4.78, 5) is 0.00360. The van der Waals surface area contributed by atoms with Gasteiger partial charge in [-0.15, -0.1) is 6.58 Å². The molecule has 0 aliphatic carbocycles. The van der Waals surface area contributed by atoms with E-state index in [-0.39, 0.29) is 11.3 Å². The Morgan fingerprint density at radius 3 is 2.44 bits per heavy atom. The van der Waals surface area contributed by atoms with Crippen molar-refractivity contribution in [3.05, 3.63) is 43.0 Å². The second kappa shape index (κ2) is 6.10. The fourth-order valence-corrected chi connectivity index (χ4v) is 2.28. The zero-order chi connectivity index (χ0) is 13.6. The maximum atomic E-state index is 11.8. The van der Waals surface area contributed by atoms with Crippen LogP contribution < -0.4 is 0 Å².